The maximum Gasteiger partial charge on any atom is 0.246 e. The molecule has 0 spiro atoms. The fourth-order valence-corrected chi connectivity index (χ4v) is 7.37. The lowest BCUT2D eigenvalue weighted by atomic mass is 9.97. The number of benzene rings is 2. The second-order valence-corrected chi connectivity index (χ2v) is 15.7. The molecule has 2 aliphatic heterocycles. The van der Waals surface area contributed by atoms with E-state index >= 15 is 0 Å². The Labute approximate surface area is 338 Å². The number of amides is 7. The number of aromatic amines is 1. The van der Waals surface area contributed by atoms with Gasteiger partial charge in [0.1, 0.15) is 29.9 Å². The first-order valence-electron chi connectivity index (χ1n) is 20.0. The number of nitrogens with zero attached hydrogens (tertiary/aromatic N) is 1. The van der Waals surface area contributed by atoms with Crippen LogP contribution < -0.4 is 36.6 Å². The molecule has 2 aromatic carbocycles. The molecule has 4 atom stereocenters. The van der Waals surface area contributed by atoms with Crippen LogP contribution in [0.3, 0.4) is 0 Å². The molecule has 0 aliphatic carbocycles. The van der Waals surface area contributed by atoms with Crippen molar-refractivity contribution in [1.29, 1.82) is 0 Å². The molecule has 0 unspecified atom stereocenters. The number of hydrogen-bond donors (Lipinski definition) is 7. The average molecular weight is 801 g/mol. The molecule has 58 heavy (non-hydrogen) atoms. The summed E-state index contributed by atoms with van der Waals surface area (Å²) in [5.41, 5.74) is 3.28. The van der Waals surface area contributed by atoms with Crippen LogP contribution >= 0.6 is 0 Å². The van der Waals surface area contributed by atoms with Gasteiger partial charge in [0.05, 0.1) is 26.7 Å². The number of H-pyrrole nitrogens is 1. The fraction of sp³-hybridized carbons (Fsp3) is 0.500. The molecular formula is C42H56N8O8. The lowest BCUT2D eigenvalue weighted by molar-refractivity contribution is -0.141. The van der Waals surface area contributed by atoms with Gasteiger partial charge in [-0.25, -0.2) is 0 Å². The number of fused-ring (bicyclic) bond motifs is 2. The highest BCUT2D eigenvalue weighted by molar-refractivity contribution is 5.97. The monoisotopic (exact) mass is 800 g/mol. The minimum absolute atomic E-state index is 0.0511. The molecule has 0 saturated carbocycles. The quantitative estimate of drug-likeness (QED) is 0.165. The number of carbonyl (C=O) groups is 7. The maximum absolute atomic E-state index is 14.3. The van der Waals surface area contributed by atoms with Crippen molar-refractivity contribution in [2.45, 2.75) is 90.4 Å². The van der Waals surface area contributed by atoms with E-state index < -0.39 is 85.2 Å². The van der Waals surface area contributed by atoms with Crippen LogP contribution in [0.15, 0.2) is 48.7 Å². The van der Waals surface area contributed by atoms with Crippen molar-refractivity contribution in [3.05, 3.63) is 65.4 Å². The molecule has 16 heteroatoms. The van der Waals surface area contributed by atoms with E-state index in [2.05, 4.69) is 50.7 Å². The molecule has 5 rings (SSSR count). The zero-order valence-corrected chi connectivity index (χ0v) is 33.9. The van der Waals surface area contributed by atoms with Crippen LogP contribution in [-0.4, -0.2) is 109 Å². The Morgan fingerprint density at radius 1 is 0.741 bits per heavy atom. The summed E-state index contributed by atoms with van der Waals surface area (Å²) in [7, 11) is 1.59. The third kappa shape index (κ3) is 11.3. The summed E-state index contributed by atoms with van der Waals surface area (Å²) in [6, 6.07) is 8.86. The average Bonchev–Trinajstić information content (AvgIpc) is 3.86. The van der Waals surface area contributed by atoms with Gasteiger partial charge in [0, 0.05) is 36.5 Å². The lowest BCUT2D eigenvalue weighted by Crippen LogP contribution is -2.56. The number of methoxy groups -OCH3 is 1. The van der Waals surface area contributed by atoms with Crippen molar-refractivity contribution in [1.82, 2.24) is 41.8 Å². The summed E-state index contributed by atoms with van der Waals surface area (Å²) in [5, 5.41) is 16.7. The standard InChI is InChI=1S/C42H56N8O8/c1-24(2)12-14-27-17-26(13-15-34(27)58-5)18-31-39(54)44-21-36(52)48-32(19-28-20-43-30-10-7-6-9-29(28)30)42(57)50-16-8-11-33(50)40(55)45-23-37(53)49-38(25(3)4)41(56)46-22-35(51)47-31/h6-7,9-10,13,15,17,20,24-25,31-33,38,43H,8,11-12,14,16,18-19,21-23H2,1-5H3,(H,44,54)(H,45,55)(H,46,56)(H,47,51)(H,48,52)(H,49,53)/t31-,32-,33-,38-/m0/s1. The van der Waals surface area contributed by atoms with Gasteiger partial charge in [0.15, 0.2) is 0 Å². The smallest absolute Gasteiger partial charge is 0.246 e. The number of aromatic nitrogens is 1. The third-order valence-electron chi connectivity index (χ3n) is 10.5. The number of rotatable bonds is 9. The van der Waals surface area contributed by atoms with Crippen molar-refractivity contribution < 1.29 is 38.3 Å². The van der Waals surface area contributed by atoms with E-state index in [4.69, 9.17) is 4.74 Å². The highest BCUT2D eigenvalue weighted by Crippen LogP contribution is 2.25. The molecule has 3 heterocycles. The molecule has 312 valence electrons. The Balaban J connectivity index is 1.43. The Morgan fingerprint density at radius 2 is 1.40 bits per heavy atom. The van der Waals surface area contributed by atoms with E-state index in [1.807, 2.05) is 36.4 Å². The van der Waals surface area contributed by atoms with Gasteiger partial charge >= 0.3 is 0 Å². The summed E-state index contributed by atoms with van der Waals surface area (Å²) < 4.78 is 5.58. The van der Waals surface area contributed by atoms with Gasteiger partial charge in [-0.1, -0.05) is 58.0 Å². The number of aryl methyl sites for hydroxylation is 1. The molecule has 16 nitrogen and oxygen atoms in total. The number of para-hydroxylation sites is 1. The first-order chi connectivity index (χ1) is 27.7. The predicted octanol–water partition coefficient (Wildman–Crippen LogP) is 1.01. The van der Waals surface area contributed by atoms with Gasteiger partial charge in [-0.3, -0.25) is 33.6 Å². The summed E-state index contributed by atoms with van der Waals surface area (Å²) in [4.78, 5) is 99.3. The number of ether oxygens (including phenoxy) is 1. The van der Waals surface area contributed by atoms with Crippen molar-refractivity contribution in [2.75, 3.05) is 33.3 Å². The molecular weight excluding hydrogens is 745 g/mol. The molecule has 7 amide bonds. The number of hydrogen-bond acceptors (Lipinski definition) is 8. The van der Waals surface area contributed by atoms with E-state index in [9.17, 15) is 33.6 Å². The molecule has 0 bridgehead atoms. The first kappa shape index (κ1) is 43.2. The zero-order valence-electron chi connectivity index (χ0n) is 33.9. The van der Waals surface area contributed by atoms with E-state index in [1.165, 1.54) is 4.90 Å². The van der Waals surface area contributed by atoms with Gasteiger partial charge in [0.25, 0.3) is 0 Å². The minimum atomic E-state index is -1.16. The largest absolute Gasteiger partial charge is 0.496 e. The number of nitrogens with one attached hydrogen (secondary N) is 7. The molecule has 7 N–H and O–H groups in total. The first-order valence-corrected chi connectivity index (χ1v) is 20.0. The van der Waals surface area contributed by atoms with Crippen molar-refractivity contribution in [2.24, 2.45) is 11.8 Å². The molecule has 2 aliphatic rings. The lowest BCUT2D eigenvalue weighted by Gasteiger charge is -2.29. The summed E-state index contributed by atoms with van der Waals surface area (Å²) in [5.74, 6) is -3.55. The third-order valence-corrected chi connectivity index (χ3v) is 10.5. The maximum atomic E-state index is 14.3. The van der Waals surface area contributed by atoms with E-state index in [0.29, 0.717) is 24.5 Å². The minimum Gasteiger partial charge on any atom is -0.496 e. The van der Waals surface area contributed by atoms with E-state index in [0.717, 1.165) is 40.4 Å². The van der Waals surface area contributed by atoms with Crippen LogP contribution in [0.4, 0.5) is 0 Å². The van der Waals surface area contributed by atoms with Crippen LogP contribution in [0.1, 0.15) is 63.6 Å². The van der Waals surface area contributed by atoms with Gasteiger partial charge < -0.3 is 46.5 Å². The fourth-order valence-electron chi connectivity index (χ4n) is 7.37. The van der Waals surface area contributed by atoms with Crippen molar-refractivity contribution in [3.63, 3.8) is 0 Å². The highest BCUT2D eigenvalue weighted by atomic mass is 16.5. The predicted molar refractivity (Wildman–Crippen MR) is 216 cm³/mol. The summed E-state index contributed by atoms with van der Waals surface area (Å²) in [6.07, 6.45) is 4.41. The number of carbonyl (C=O) groups excluding carboxylic acids is 7. The van der Waals surface area contributed by atoms with Gasteiger partial charge in [0.2, 0.25) is 41.4 Å². The van der Waals surface area contributed by atoms with Gasteiger partial charge in [-0.2, -0.15) is 0 Å². The van der Waals surface area contributed by atoms with E-state index in [1.54, 1.807) is 33.2 Å². The topological polar surface area (TPSA) is 220 Å². The zero-order chi connectivity index (χ0) is 41.9. The van der Waals surface area contributed by atoms with E-state index in [-0.39, 0.29) is 25.3 Å². The van der Waals surface area contributed by atoms with Crippen LogP contribution in [0, 0.1) is 11.8 Å². The van der Waals surface area contributed by atoms with Crippen molar-refractivity contribution in [3.8, 4) is 5.75 Å². The molecule has 2 saturated heterocycles. The second-order valence-electron chi connectivity index (χ2n) is 15.7. The van der Waals surface area contributed by atoms with Gasteiger partial charge in [-0.05, 0) is 66.3 Å². The summed E-state index contributed by atoms with van der Waals surface area (Å²) >= 11 is 0. The Bertz CT molecular complexity index is 1990. The van der Waals surface area contributed by atoms with Crippen LogP contribution in [0.5, 0.6) is 5.75 Å². The normalized spacial score (nSPS) is 22.1. The Morgan fingerprint density at radius 3 is 2.09 bits per heavy atom. The van der Waals surface area contributed by atoms with Crippen LogP contribution in [-0.2, 0) is 52.8 Å². The second kappa shape index (κ2) is 20.0. The van der Waals surface area contributed by atoms with Crippen molar-refractivity contribution >= 4 is 52.3 Å². The Kier molecular flexibility index (Phi) is 14.9. The Hall–Kier alpha value is -5.93. The molecule has 2 fully saturated rings. The molecule has 1 aromatic heterocycles. The van der Waals surface area contributed by atoms with Crippen LogP contribution in [0.2, 0.25) is 0 Å². The molecule has 3 aromatic rings. The SMILES string of the molecule is COc1ccc(C[C@@H]2NC(=O)CNC(=O)[C@H](C(C)C)NC(=O)CNC(=O)[C@@H]3CCCN3C(=O)[C@H](Cc3c[nH]c4ccccc34)NC(=O)CNC2=O)cc1CCC(C)C. The van der Waals surface area contributed by atoms with Crippen LogP contribution in [0.25, 0.3) is 10.9 Å². The van der Waals surface area contributed by atoms with Gasteiger partial charge in [-0.15, -0.1) is 0 Å². The molecule has 0 radical (unpaired) electrons. The summed E-state index contributed by atoms with van der Waals surface area (Å²) in [6.45, 7) is 6.46. The highest BCUT2D eigenvalue weighted by Gasteiger charge is 2.38.